The average Bonchev–Trinajstić information content (AvgIpc) is 3.21. The van der Waals surface area contributed by atoms with Crippen LogP contribution in [0.25, 0.3) is 11.3 Å². The van der Waals surface area contributed by atoms with E-state index < -0.39 is 29.5 Å². The van der Waals surface area contributed by atoms with Crippen LogP contribution in [0.5, 0.6) is 0 Å². The van der Waals surface area contributed by atoms with Crippen molar-refractivity contribution in [3.05, 3.63) is 89.8 Å². The third-order valence-electron chi connectivity index (χ3n) is 4.21. The van der Waals surface area contributed by atoms with E-state index in [4.69, 9.17) is 0 Å². The minimum absolute atomic E-state index is 0.0670. The zero-order valence-electron chi connectivity index (χ0n) is 15.7. The molecule has 0 atom stereocenters. The summed E-state index contributed by atoms with van der Waals surface area (Å²) in [5.74, 6) is -0.929. The van der Waals surface area contributed by atoms with Crippen molar-refractivity contribution >= 4 is 11.5 Å². The molecule has 10 heteroatoms. The first-order chi connectivity index (χ1) is 14.5. The van der Waals surface area contributed by atoms with Gasteiger partial charge in [0, 0.05) is 18.8 Å². The first-order valence-electron chi connectivity index (χ1n) is 8.88. The quantitative estimate of drug-likeness (QED) is 0.441. The van der Waals surface area contributed by atoms with Crippen LogP contribution in [0.3, 0.4) is 0 Å². The molecule has 0 aliphatic carbocycles. The van der Waals surface area contributed by atoms with E-state index in [1.807, 2.05) is 0 Å². The number of hydrogen-bond donors (Lipinski definition) is 1. The zero-order valence-corrected chi connectivity index (χ0v) is 15.7. The molecular weight excluding hydrogens is 424 g/mol. The number of nitrogens with zero attached hydrogens (tertiary/aromatic N) is 2. The van der Waals surface area contributed by atoms with E-state index in [-0.39, 0.29) is 12.1 Å². The van der Waals surface area contributed by atoms with Crippen molar-refractivity contribution in [2.75, 3.05) is 0 Å². The Morgan fingerprint density at radius 3 is 2.13 bits per heavy atom. The Kier molecular flexibility index (Phi) is 6.19. The molecule has 2 aromatic carbocycles. The number of carbonyl (C=O) groups is 1. The van der Waals surface area contributed by atoms with Crippen LogP contribution in [0.2, 0.25) is 0 Å². The third-order valence-corrected chi connectivity index (χ3v) is 4.21. The molecule has 0 saturated carbocycles. The number of nitrogens with one attached hydrogen (secondary N) is 1. The molecule has 0 spiro atoms. The largest absolute Gasteiger partial charge is 0.435 e. The normalized spacial score (nSPS) is 12.6. The van der Waals surface area contributed by atoms with Crippen molar-refractivity contribution in [2.45, 2.75) is 18.9 Å². The van der Waals surface area contributed by atoms with Crippen LogP contribution < -0.4 is 5.32 Å². The van der Waals surface area contributed by atoms with E-state index in [1.54, 1.807) is 6.07 Å². The highest BCUT2D eigenvalue weighted by Crippen LogP contribution is 2.33. The van der Waals surface area contributed by atoms with E-state index >= 15 is 0 Å². The van der Waals surface area contributed by atoms with Crippen molar-refractivity contribution in [1.82, 2.24) is 15.1 Å². The molecule has 162 valence electrons. The number of rotatable bonds is 5. The van der Waals surface area contributed by atoms with Crippen LogP contribution in [-0.2, 0) is 17.5 Å². The van der Waals surface area contributed by atoms with Gasteiger partial charge in [-0.2, -0.15) is 31.4 Å². The number of alkyl halides is 6. The molecule has 1 N–H and O–H groups in total. The fourth-order valence-electron chi connectivity index (χ4n) is 2.70. The first-order valence-corrected chi connectivity index (χ1v) is 8.88. The van der Waals surface area contributed by atoms with Crippen LogP contribution in [0.1, 0.15) is 16.8 Å². The van der Waals surface area contributed by atoms with Gasteiger partial charge in [-0.1, -0.05) is 42.5 Å². The highest BCUT2D eigenvalue weighted by Gasteiger charge is 2.35. The molecule has 1 amide bonds. The van der Waals surface area contributed by atoms with Crippen molar-refractivity contribution in [3.63, 3.8) is 0 Å². The van der Waals surface area contributed by atoms with Crippen molar-refractivity contribution < 1.29 is 31.1 Å². The molecule has 0 aliphatic heterocycles. The van der Waals surface area contributed by atoms with Crippen molar-refractivity contribution in [3.8, 4) is 5.69 Å². The molecule has 3 aromatic rings. The second kappa shape index (κ2) is 8.66. The highest BCUT2D eigenvalue weighted by atomic mass is 19.4. The smallest absolute Gasteiger partial charge is 0.348 e. The predicted octanol–water partition coefficient (Wildman–Crippen LogP) is 5.15. The number of benzene rings is 2. The maximum atomic E-state index is 13.3. The van der Waals surface area contributed by atoms with Crippen LogP contribution in [0, 0.1) is 0 Å². The SMILES string of the molecule is O=C(/C=C(\c1ccccc1)C(F)(F)F)NCc1ccc(-n2ccc(C(F)(F)F)n2)cc1. The summed E-state index contributed by atoms with van der Waals surface area (Å²) < 4.78 is 78.8. The first kappa shape index (κ1) is 22.1. The molecule has 0 fully saturated rings. The van der Waals surface area contributed by atoms with Gasteiger partial charge in [0.1, 0.15) is 0 Å². The Labute approximate surface area is 172 Å². The highest BCUT2D eigenvalue weighted by molar-refractivity contribution is 5.96. The van der Waals surface area contributed by atoms with E-state index in [0.29, 0.717) is 17.3 Å². The van der Waals surface area contributed by atoms with E-state index in [0.717, 1.165) is 16.9 Å². The summed E-state index contributed by atoms with van der Waals surface area (Å²) in [6, 6.07) is 13.8. The average molecular weight is 439 g/mol. The number of aromatic nitrogens is 2. The van der Waals surface area contributed by atoms with Gasteiger partial charge in [0.05, 0.1) is 11.3 Å². The lowest BCUT2D eigenvalue weighted by molar-refractivity contribution is -0.141. The molecule has 31 heavy (non-hydrogen) atoms. The van der Waals surface area contributed by atoms with Gasteiger partial charge >= 0.3 is 12.4 Å². The molecule has 3 rings (SSSR count). The summed E-state index contributed by atoms with van der Waals surface area (Å²) >= 11 is 0. The molecular formula is C21H15F6N3O. The van der Waals surface area contributed by atoms with E-state index in [2.05, 4.69) is 10.4 Å². The maximum absolute atomic E-state index is 13.3. The summed E-state index contributed by atoms with van der Waals surface area (Å²) in [7, 11) is 0. The Morgan fingerprint density at radius 1 is 0.935 bits per heavy atom. The van der Waals surface area contributed by atoms with Gasteiger partial charge in [-0.05, 0) is 29.3 Å². The third kappa shape index (κ3) is 5.74. The van der Waals surface area contributed by atoms with Crippen LogP contribution in [0.4, 0.5) is 26.3 Å². The molecule has 0 saturated heterocycles. The minimum atomic E-state index is -4.71. The number of carbonyl (C=O) groups excluding carboxylic acids is 1. The zero-order chi connectivity index (χ0) is 22.6. The Balaban J connectivity index is 1.67. The molecule has 1 heterocycles. The van der Waals surface area contributed by atoms with Gasteiger partial charge in [0.15, 0.2) is 5.69 Å². The van der Waals surface area contributed by atoms with Gasteiger partial charge in [0.2, 0.25) is 5.91 Å². The number of halogens is 6. The molecule has 0 bridgehead atoms. The van der Waals surface area contributed by atoms with Gasteiger partial charge in [0.25, 0.3) is 0 Å². The van der Waals surface area contributed by atoms with Gasteiger partial charge in [-0.25, -0.2) is 4.68 Å². The number of hydrogen-bond acceptors (Lipinski definition) is 2. The van der Waals surface area contributed by atoms with Gasteiger partial charge in [-0.3, -0.25) is 4.79 Å². The van der Waals surface area contributed by atoms with E-state index in [9.17, 15) is 31.1 Å². The lowest BCUT2D eigenvalue weighted by Gasteiger charge is -2.12. The second-order valence-electron chi connectivity index (χ2n) is 6.45. The standard InChI is InChI=1S/C21H15F6N3O/c22-20(23,24)17(15-4-2-1-3-5-15)12-19(31)28-13-14-6-8-16(9-7-14)30-11-10-18(29-30)21(25,26)27/h1-12H,13H2,(H,28,31)/b17-12+. The molecule has 0 unspecified atom stereocenters. The fraction of sp³-hybridized carbons (Fsp3) is 0.143. The summed E-state index contributed by atoms with van der Waals surface area (Å²) in [6.45, 7) is -0.0670. The molecule has 0 radical (unpaired) electrons. The van der Waals surface area contributed by atoms with Gasteiger partial charge < -0.3 is 5.32 Å². The molecule has 0 aliphatic rings. The van der Waals surface area contributed by atoms with Gasteiger partial charge in [-0.15, -0.1) is 0 Å². The lowest BCUT2D eigenvalue weighted by Crippen LogP contribution is -2.23. The van der Waals surface area contributed by atoms with Crippen molar-refractivity contribution in [2.24, 2.45) is 0 Å². The molecule has 4 nitrogen and oxygen atoms in total. The minimum Gasteiger partial charge on any atom is -0.348 e. The lowest BCUT2D eigenvalue weighted by atomic mass is 10.1. The predicted molar refractivity (Wildman–Crippen MR) is 101 cm³/mol. The van der Waals surface area contributed by atoms with Crippen LogP contribution >= 0.6 is 0 Å². The monoisotopic (exact) mass is 439 g/mol. The summed E-state index contributed by atoms with van der Waals surface area (Å²) in [4.78, 5) is 12.0. The second-order valence-corrected chi connectivity index (χ2v) is 6.45. The number of amides is 1. The Hall–Kier alpha value is -3.56. The van der Waals surface area contributed by atoms with Crippen LogP contribution in [0.15, 0.2) is 72.9 Å². The molecule has 1 aromatic heterocycles. The Morgan fingerprint density at radius 2 is 1.58 bits per heavy atom. The maximum Gasteiger partial charge on any atom is 0.435 e. The Bertz CT molecular complexity index is 1070. The van der Waals surface area contributed by atoms with Crippen LogP contribution in [-0.4, -0.2) is 21.9 Å². The summed E-state index contributed by atoms with van der Waals surface area (Å²) in [6.07, 6.45) is -7.61. The summed E-state index contributed by atoms with van der Waals surface area (Å²) in [5.41, 5.74) is -1.34. The number of allylic oxidation sites excluding steroid dienone is 1. The summed E-state index contributed by atoms with van der Waals surface area (Å²) in [5, 5.41) is 5.82. The van der Waals surface area contributed by atoms with Crippen molar-refractivity contribution in [1.29, 1.82) is 0 Å². The fourth-order valence-corrected chi connectivity index (χ4v) is 2.70. The van der Waals surface area contributed by atoms with E-state index in [1.165, 1.54) is 48.5 Å². The topological polar surface area (TPSA) is 46.9 Å².